The van der Waals surface area contributed by atoms with E-state index in [1.165, 1.54) is 6.21 Å². The number of primary amides is 1. The molecule has 0 aliphatic carbocycles. The van der Waals surface area contributed by atoms with E-state index in [9.17, 15) is 9.59 Å². The van der Waals surface area contributed by atoms with E-state index in [-0.39, 0.29) is 6.61 Å². The van der Waals surface area contributed by atoms with E-state index in [0.717, 1.165) is 11.1 Å². The van der Waals surface area contributed by atoms with E-state index < -0.39 is 11.9 Å². The normalized spacial score (nSPS) is 10.4. The second-order valence-corrected chi connectivity index (χ2v) is 5.02. The number of hydrogen-bond donors (Lipinski definition) is 3. The lowest BCUT2D eigenvalue weighted by atomic mass is 10.2. The van der Waals surface area contributed by atoms with Gasteiger partial charge < -0.3 is 15.8 Å². The zero-order valence-corrected chi connectivity index (χ0v) is 13.2. The van der Waals surface area contributed by atoms with Crippen LogP contribution in [0.2, 0.25) is 0 Å². The van der Waals surface area contributed by atoms with Crippen molar-refractivity contribution in [3.05, 3.63) is 59.7 Å². The first-order valence-electron chi connectivity index (χ1n) is 7.21. The van der Waals surface area contributed by atoms with Crippen molar-refractivity contribution in [3.63, 3.8) is 0 Å². The molecule has 0 aliphatic heterocycles. The number of nitrogens with zero attached hydrogens (tertiary/aromatic N) is 1. The third kappa shape index (κ3) is 5.80. The number of carbonyl (C=O) groups excluding carboxylic acids is 2. The summed E-state index contributed by atoms with van der Waals surface area (Å²) >= 11 is 0. The molecule has 124 valence electrons. The van der Waals surface area contributed by atoms with Gasteiger partial charge in [0.1, 0.15) is 5.75 Å². The molecule has 3 amide bonds. The molecule has 4 N–H and O–H groups in total. The number of benzene rings is 2. The number of rotatable bonds is 6. The van der Waals surface area contributed by atoms with Crippen molar-refractivity contribution in [2.75, 3.05) is 11.9 Å². The van der Waals surface area contributed by atoms with Gasteiger partial charge in [-0.2, -0.15) is 5.10 Å². The Balaban J connectivity index is 1.82. The largest absolute Gasteiger partial charge is 0.484 e. The van der Waals surface area contributed by atoms with Crippen molar-refractivity contribution in [1.29, 1.82) is 0 Å². The highest BCUT2D eigenvalue weighted by molar-refractivity contribution is 5.90. The molecule has 0 unspecified atom stereocenters. The summed E-state index contributed by atoms with van der Waals surface area (Å²) in [6, 6.07) is 13.8. The van der Waals surface area contributed by atoms with Gasteiger partial charge in [0.15, 0.2) is 6.61 Å². The predicted molar refractivity (Wildman–Crippen MR) is 92.1 cm³/mol. The van der Waals surface area contributed by atoms with Gasteiger partial charge in [-0.25, -0.2) is 10.2 Å². The molecule has 0 heterocycles. The molecule has 0 fully saturated rings. The second-order valence-electron chi connectivity index (χ2n) is 5.02. The highest BCUT2D eigenvalue weighted by Gasteiger charge is 2.00. The molecule has 0 aliphatic rings. The van der Waals surface area contributed by atoms with Crippen LogP contribution >= 0.6 is 0 Å². The fourth-order valence-electron chi connectivity index (χ4n) is 1.85. The number of carbonyl (C=O) groups is 2. The number of hydrazone groups is 1. The van der Waals surface area contributed by atoms with Crippen LogP contribution in [0.4, 0.5) is 10.5 Å². The summed E-state index contributed by atoms with van der Waals surface area (Å²) in [5.74, 6) is -0.0134. The van der Waals surface area contributed by atoms with E-state index in [0.29, 0.717) is 11.4 Å². The van der Waals surface area contributed by atoms with Crippen LogP contribution in [0.15, 0.2) is 53.6 Å². The van der Waals surface area contributed by atoms with Crippen LogP contribution in [-0.2, 0) is 4.79 Å². The molecule has 0 bridgehead atoms. The quantitative estimate of drug-likeness (QED) is 0.558. The SMILES string of the molecule is Cc1cccc(NC(=O)N/N=C/c2ccc(OCC(N)=O)cc2)c1. The Morgan fingerprint density at radius 2 is 1.96 bits per heavy atom. The van der Waals surface area contributed by atoms with E-state index in [1.807, 2.05) is 25.1 Å². The maximum absolute atomic E-state index is 11.7. The Morgan fingerprint density at radius 3 is 2.62 bits per heavy atom. The number of hydrogen-bond acceptors (Lipinski definition) is 4. The van der Waals surface area contributed by atoms with Gasteiger partial charge in [0.25, 0.3) is 5.91 Å². The molecule has 2 aromatic rings. The zero-order valence-electron chi connectivity index (χ0n) is 13.2. The molecule has 0 radical (unpaired) electrons. The molecule has 0 aromatic heterocycles. The number of ether oxygens (including phenoxy) is 1. The van der Waals surface area contributed by atoms with Crippen molar-refractivity contribution >= 4 is 23.8 Å². The summed E-state index contributed by atoms with van der Waals surface area (Å²) in [7, 11) is 0. The fourth-order valence-corrected chi connectivity index (χ4v) is 1.85. The minimum atomic E-state index is -0.538. The van der Waals surface area contributed by atoms with Gasteiger partial charge in [0.2, 0.25) is 0 Å². The van der Waals surface area contributed by atoms with Crippen molar-refractivity contribution in [2.45, 2.75) is 6.92 Å². The predicted octanol–water partition coefficient (Wildman–Crippen LogP) is 2.01. The van der Waals surface area contributed by atoms with Gasteiger partial charge in [-0.3, -0.25) is 4.79 Å². The zero-order chi connectivity index (χ0) is 17.4. The summed E-state index contributed by atoms with van der Waals surface area (Å²) in [5, 5.41) is 6.54. The highest BCUT2D eigenvalue weighted by atomic mass is 16.5. The van der Waals surface area contributed by atoms with Crippen molar-refractivity contribution in [2.24, 2.45) is 10.8 Å². The van der Waals surface area contributed by atoms with Crippen LogP contribution in [-0.4, -0.2) is 24.8 Å². The molecular weight excluding hydrogens is 308 g/mol. The Hall–Kier alpha value is -3.35. The minimum absolute atomic E-state index is 0.172. The molecule has 0 saturated carbocycles. The molecule has 0 spiro atoms. The lowest BCUT2D eigenvalue weighted by molar-refractivity contribution is -0.119. The molecule has 24 heavy (non-hydrogen) atoms. The Labute approximate surface area is 139 Å². The molecule has 7 nitrogen and oxygen atoms in total. The molecule has 2 rings (SSSR count). The van der Waals surface area contributed by atoms with Crippen molar-refractivity contribution < 1.29 is 14.3 Å². The first-order valence-corrected chi connectivity index (χ1v) is 7.21. The van der Waals surface area contributed by atoms with Gasteiger partial charge in [0, 0.05) is 5.69 Å². The van der Waals surface area contributed by atoms with E-state index in [1.54, 1.807) is 30.3 Å². The smallest absolute Gasteiger partial charge is 0.339 e. The topological polar surface area (TPSA) is 106 Å². The molecule has 7 heteroatoms. The van der Waals surface area contributed by atoms with Crippen LogP contribution in [0.3, 0.4) is 0 Å². The standard InChI is InChI=1S/C17H18N4O3/c1-12-3-2-4-14(9-12)20-17(23)21-19-10-13-5-7-15(8-6-13)24-11-16(18)22/h2-10H,11H2,1H3,(H2,18,22)(H2,20,21,23)/b19-10+. The first-order chi connectivity index (χ1) is 11.5. The summed E-state index contributed by atoms with van der Waals surface area (Å²) in [6.45, 7) is 1.77. The summed E-state index contributed by atoms with van der Waals surface area (Å²) < 4.78 is 5.14. The Morgan fingerprint density at radius 1 is 1.21 bits per heavy atom. The number of anilines is 1. The number of nitrogens with one attached hydrogen (secondary N) is 2. The summed E-state index contributed by atoms with van der Waals surface area (Å²) in [6.07, 6.45) is 1.49. The van der Waals surface area contributed by atoms with Crippen molar-refractivity contribution in [3.8, 4) is 5.75 Å². The van der Waals surface area contributed by atoms with Crippen LogP contribution in [0.5, 0.6) is 5.75 Å². The highest BCUT2D eigenvalue weighted by Crippen LogP contribution is 2.11. The Bertz CT molecular complexity index is 742. The van der Waals surface area contributed by atoms with Crippen molar-refractivity contribution in [1.82, 2.24) is 5.43 Å². The van der Waals surface area contributed by atoms with Gasteiger partial charge in [-0.1, -0.05) is 12.1 Å². The van der Waals surface area contributed by atoms with E-state index in [2.05, 4.69) is 15.8 Å². The second kappa shape index (κ2) is 8.33. The van der Waals surface area contributed by atoms with Crippen LogP contribution in [0.25, 0.3) is 0 Å². The van der Waals surface area contributed by atoms with Crippen LogP contribution in [0.1, 0.15) is 11.1 Å². The maximum Gasteiger partial charge on any atom is 0.339 e. The number of nitrogens with two attached hydrogens (primary N) is 1. The number of amides is 3. The maximum atomic E-state index is 11.7. The third-order valence-corrected chi connectivity index (χ3v) is 2.92. The molecule has 2 aromatic carbocycles. The van der Waals surface area contributed by atoms with Gasteiger partial charge in [0.05, 0.1) is 6.21 Å². The van der Waals surface area contributed by atoms with Gasteiger partial charge in [-0.05, 0) is 54.4 Å². The monoisotopic (exact) mass is 326 g/mol. The summed E-state index contributed by atoms with van der Waals surface area (Å²) in [4.78, 5) is 22.3. The van der Waals surface area contributed by atoms with Crippen LogP contribution < -0.4 is 21.2 Å². The lowest BCUT2D eigenvalue weighted by Crippen LogP contribution is -2.24. The Kier molecular flexibility index (Phi) is 5.90. The minimum Gasteiger partial charge on any atom is -0.484 e. The lowest BCUT2D eigenvalue weighted by Gasteiger charge is -2.05. The van der Waals surface area contributed by atoms with E-state index >= 15 is 0 Å². The molecule has 0 saturated heterocycles. The average molecular weight is 326 g/mol. The van der Waals surface area contributed by atoms with Gasteiger partial charge >= 0.3 is 6.03 Å². The van der Waals surface area contributed by atoms with Crippen LogP contribution in [0, 0.1) is 6.92 Å². The summed E-state index contributed by atoms with van der Waals surface area (Å²) in [5.41, 5.74) is 9.88. The third-order valence-electron chi connectivity index (χ3n) is 2.92. The molecular formula is C17H18N4O3. The van der Waals surface area contributed by atoms with E-state index in [4.69, 9.17) is 10.5 Å². The number of aryl methyl sites for hydroxylation is 1. The number of urea groups is 1. The van der Waals surface area contributed by atoms with Gasteiger partial charge in [-0.15, -0.1) is 0 Å². The molecule has 0 atom stereocenters. The fraction of sp³-hybridized carbons (Fsp3) is 0.118. The average Bonchev–Trinajstić information content (AvgIpc) is 2.54. The first kappa shape index (κ1) is 17.0.